The monoisotopic (exact) mass is 606 g/mol. The van der Waals surface area contributed by atoms with Gasteiger partial charge >= 0.3 is 0 Å². The number of anilines is 2. The summed E-state index contributed by atoms with van der Waals surface area (Å²) in [5.41, 5.74) is 5.43. The molecule has 2 unspecified atom stereocenters. The van der Waals surface area contributed by atoms with Crippen LogP contribution in [0.15, 0.2) is 36.7 Å². The molecule has 1 saturated heterocycles. The number of piperidine rings is 1. The van der Waals surface area contributed by atoms with Gasteiger partial charge in [-0.05, 0) is 87.4 Å². The summed E-state index contributed by atoms with van der Waals surface area (Å²) in [7, 11) is -1.76. The second-order valence-electron chi connectivity index (χ2n) is 11.1. The van der Waals surface area contributed by atoms with Crippen molar-refractivity contribution in [1.82, 2.24) is 20.3 Å². The number of pyridine rings is 1. The molecule has 8 nitrogen and oxygen atoms in total. The Hall–Kier alpha value is -3.32. The van der Waals surface area contributed by atoms with E-state index in [2.05, 4.69) is 25.0 Å². The van der Waals surface area contributed by atoms with Crippen molar-refractivity contribution in [1.29, 1.82) is 0 Å². The Morgan fingerprint density at radius 3 is 2.48 bits per heavy atom. The van der Waals surface area contributed by atoms with Crippen LogP contribution < -0.4 is 20.5 Å². The molecule has 2 atom stereocenters. The van der Waals surface area contributed by atoms with Gasteiger partial charge in [0.25, 0.3) is 0 Å². The lowest BCUT2D eigenvalue weighted by Crippen LogP contribution is -2.39. The van der Waals surface area contributed by atoms with Crippen molar-refractivity contribution in [3.8, 4) is 22.9 Å². The van der Waals surface area contributed by atoms with E-state index in [1.807, 2.05) is 0 Å². The minimum Gasteiger partial charge on any atom is -0.435 e. The van der Waals surface area contributed by atoms with Crippen molar-refractivity contribution in [2.45, 2.75) is 57.5 Å². The van der Waals surface area contributed by atoms with E-state index in [1.165, 1.54) is 12.4 Å². The van der Waals surface area contributed by atoms with Crippen molar-refractivity contribution >= 4 is 22.6 Å². The Kier molecular flexibility index (Phi) is 9.57. The largest absolute Gasteiger partial charge is 0.435 e. The molecule has 3 saturated carbocycles. The number of benzene rings is 1. The third kappa shape index (κ3) is 7.17. The quantitative estimate of drug-likeness (QED) is 0.220. The summed E-state index contributed by atoms with van der Waals surface area (Å²) in [6.45, 7) is 1.57. The minimum atomic E-state index is -1.76. The Balaban J connectivity index is 0.000000442. The predicted molar refractivity (Wildman–Crippen MR) is 153 cm³/mol. The fourth-order valence-electron chi connectivity index (χ4n) is 5.83. The summed E-state index contributed by atoms with van der Waals surface area (Å²) >= 11 is 0. The highest BCUT2D eigenvalue weighted by atomic mass is 32.2. The van der Waals surface area contributed by atoms with Crippen LogP contribution in [0.2, 0.25) is 0 Å². The lowest BCUT2D eigenvalue weighted by Gasteiger charge is -2.46. The predicted octanol–water partition coefficient (Wildman–Crippen LogP) is 6.08. The molecule has 3 heterocycles. The smallest absolute Gasteiger partial charge is 0.228 e. The molecule has 0 amide bonds. The number of ether oxygens (including phenoxy) is 1. The number of nitrogen functional groups attached to an aromatic ring is 1. The van der Waals surface area contributed by atoms with Gasteiger partial charge in [0, 0.05) is 30.8 Å². The van der Waals surface area contributed by atoms with Crippen LogP contribution in [0.1, 0.15) is 51.4 Å². The van der Waals surface area contributed by atoms with Gasteiger partial charge in [-0.25, -0.2) is 32.3 Å². The maximum atomic E-state index is 14.9. The molecule has 226 valence electrons. The standard InChI is InChI=1S/C24H24F3N5O2S.C5H10FN/c25-16-12-18(34-22-15(2-1-10-29-22)17-6-11-30-23(28)31-17)19(26)20(27)21(16)32-35(33)13-24-7-3-14(4-8-24)5-9-24;6-5-2-1-3-7-4-5/h1-2,6,10-12,14,32H,3-5,7-9,13H2,(H2,28,30,31);5,7H,1-4H2. The summed E-state index contributed by atoms with van der Waals surface area (Å²) in [6.07, 6.45) is 10.2. The van der Waals surface area contributed by atoms with E-state index in [0.29, 0.717) is 23.9 Å². The van der Waals surface area contributed by atoms with E-state index in [1.54, 1.807) is 18.2 Å². The number of rotatable bonds is 7. The van der Waals surface area contributed by atoms with Gasteiger partial charge < -0.3 is 15.8 Å². The third-order valence-corrected chi connectivity index (χ3v) is 9.50. The number of hydrogen-bond acceptors (Lipinski definition) is 7. The summed E-state index contributed by atoms with van der Waals surface area (Å²) < 4.78 is 77.3. The normalized spacial score (nSPS) is 23.9. The van der Waals surface area contributed by atoms with Gasteiger partial charge in [0.2, 0.25) is 17.6 Å². The van der Waals surface area contributed by atoms with Crippen LogP contribution >= 0.6 is 0 Å². The maximum Gasteiger partial charge on any atom is 0.228 e. The van der Waals surface area contributed by atoms with Crippen LogP contribution in [0.4, 0.5) is 29.2 Å². The average Bonchev–Trinajstić information content (AvgIpc) is 3.00. The second-order valence-corrected chi connectivity index (χ2v) is 12.3. The Morgan fingerprint density at radius 2 is 1.83 bits per heavy atom. The zero-order valence-electron chi connectivity index (χ0n) is 23.1. The number of hydrogen-bond donors (Lipinski definition) is 3. The number of alkyl halides is 1. The van der Waals surface area contributed by atoms with Crippen molar-refractivity contribution in [2.75, 3.05) is 29.3 Å². The molecule has 7 rings (SSSR count). The Labute approximate surface area is 244 Å². The summed E-state index contributed by atoms with van der Waals surface area (Å²) in [6, 6.07) is 5.43. The van der Waals surface area contributed by atoms with E-state index >= 15 is 0 Å². The molecule has 4 N–H and O–H groups in total. The number of aromatic nitrogens is 3. The van der Waals surface area contributed by atoms with Gasteiger partial charge in [0.1, 0.15) is 22.8 Å². The molecule has 2 aromatic heterocycles. The fourth-order valence-corrected chi connectivity index (χ4v) is 7.31. The SMILES string of the molecule is FC1CCCNC1.Nc1nccc(-c2cccnc2Oc2cc(F)c(NS(=O)CC34CCC(CC3)CC4)c(F)c2F)n1. The lowest BCUT2D eigenvalue weighted by molar-refractivity contribution is 0.0870. The van der Waals surface area contributed by atoms with Crippen molar-refractivity contribution in [3.63, 3.8) is 0 Å². The van der Waals surface area contributed by atoms with Gasteiger partial charge in [-0.2, -0.15) is 4.39 Å². The highest BCUT2D eigenvalue weighted by Crippen LogP contribution is 2.50. The van der Waals surface area contributed by atoms with Gasteiger partial charge in [-0.3, -0.25) is 4.72 Å². The molecule has 1 aromatic carbocycles. The number of fused-ring (bicyclic) bond motifs is 3. The van der Waals surface area contributed by atoms with Gasteiger partial charge in [0.05, 0.1) is 11.3 Å². The van der Waals surface area contributed by atoms with E-state index in [0.717, 1.165) is 63.8 Å². The Morgan fingerprint density at radius 1 is 1.07 bits per heavy atom. The molecule has 0 spiro atoms. The minimum absolute atomic E-state index is 0.00446. The highest BCUT2D eigenvalue weighted by molar-refractivity contribution is 7.86. The second kappa shape index (κ2) is 13.3. The summed E-state index contributed by atoms with van der Waals surface area (Å²) in [5, 5.41) is 2.96. The topological polar surface area (TPSA) is 115 Å². The molecule has 42 heavy (non-hydrogen) atoms. The van der Waals surface area contributed by atoms with Crippen LogP contribution in [-0.4, -0.2) is 44.2 Å². The first-order valence-electron chi connectivity index (χ1n) is 14.1. The number of nitrogens with two attached hydrogens (primary N) is 1. The first-order valence-corrected chi connectivity index (χ1v) is 15.4. The van der Waals surface area contributed by atoms with Crippen LogP contribution in [0.25, 0.3) is 11.3 Å². The summed E-state index contributed by atoms with van der Waals surface area (Å²) in [5.74, 6) is -3.88. The van der Waals surface area contributed by atoms with E-state index in [9.17, 15) is 21.8 Å². The van der Waals surface area contributed by atoms with Crippen molar-refractivity contribution in [3.05, 3.63) is 54.1 Å². The number of nitrogens with zero attached hydrogens (tertiary/aromatic N) is 3. The molecule has 0 radical (unpaired) electrons. The van der Waals surface area contributed by atoms with Crippen LogP contribution in [0.3, 0.4) is 0 Å². The number of nitrogens with one attached hydrogen (secondary N) is 2. The van der Waals surface area contributed by atoms with Crippen LogP contribution in [-0.2, 0) is 11.0 Å². The zero-order chi connectivity index (χ0) is 29.7. The number of halogens is 4. The van der Waals surface area contributed by atoms with E-state index in [4.69, 9.17) is 10.5 Å². The Bertz CT molecular complexity index is 1400. The molecular formula is C29H34F4N6O2S. The molecular weight excluding hydrogens is 572 g/mol. The molecule has 3 aromatic rings. The van der Waals surface area contributed by atoms with Gasteiger partial charge in [-0.15, -0.1) is 0 Å². The maximum absolute atomic E-state index is 14.9. The third-order valence-electron chi connectivity index (χ3n) is 8.19. The highest BCUT2D eigenvalue weighted by Gasteiger charge is 2.41. The summed E-state index contributed by atoms with van der Waals surface area (Å²) in [4.78, 5) is 11.9. The van der Waals surface area contributed by atoms with Crippen LogP contribution in [0, 0.1) is 28.8 Å². The molecule has 4 fully saturated rings. The van der Waals surface area contributed by atoms with Crippen molar-refractivity contribution in [2.24, 2.45) is 11.3 Å². The van der Waals surface area contributed by atoms with Crippen LogP contribution in [0.5, 0.6) is 11.6 Å². The first-order chi connectivity index (χ1) is 20.2. The first kappa shape index (κ1) is 30.1. The molecule has 2 bridgehead atoms. The van der Waals surface area contributed by atoms with E-state index < -0.39 is 46.0 Å². The van der Waals surface area contributed by atoms with Crippen molar-refractivity contribution < 1.29 is 26.5 Å². The average molecular weight is 607 g/mol. The fraction of sp³-hybridized carbons (Fsp3) is 0.483. The van der Waals surface area contributed by atoms with Gasteiger partial charge in [-0.1, -0.05) is 0 Å². The molecule has 1 aliphatic heterocycles. The molecule has 3 aliphatic carbocycles. The molecule has 13 heteroatoms. The van der Waals surface area contributed by atoms with E-state index in [-0.39, 0.29) is 23.0 Å². The van der Waals surface area contributed by atoms with Gasteiger partial charge in [0.15, 0.2) is 17.4 Å². The zero-order valence-corrected chi connectivity index (χ0v) is 23.9. The lowest BCUT2D eigenvalue weighted by atomic mass is 9.62. The molecule has 4 aliphatic rings.